The van der Waals surface area contributed by atoms with Gasteiger partial charge in [-0.3, -0.25) is 0 Å². The molecule has 3 nitrogen and oxygen atoms in total. The number of H-pyrrole nitrogens is 1. The van der Waals surface area contributed by atoms with E-state index in [2.05, 4.69) is 42.2 Å². The number of hydrogen-bond acceptors (Lipinski definition) is 1. The van der Waals surface area contributed by atoms with Crippen LogP contribution >= 0.6 is 31.9 Å². The van der Waals surface area contributed by atoms with E-state index in [1.165, 1.54) is 0 Å². The van der Waals surface area contributed by atoms with Gasteiger partial charge < -0.3 is 0 Å². The number of rotatable bonds is 0. The molecule has 0 fully saturated rings. The number of hydrogen-bond donors (Lipinski definition) is 1. The second-order valence-electron chi connectivity index (χ2n) is 1.35. The lowest BCUT2D eigenvalue weighted by atomic mass is 10.9. The monoisotopic (exact) mass is 240 g/mol. The fourth-order valence-corrected chi connectivity index (χ4v) is 0.861. The number of nitrogens with zero attached hydrogens (tertiary/aromatic N) is 2. The Morgan fingerprint density at radius 3 is 2.38 bits per heavy atom. The van der Waals surface area contributed by atoms with Gasteiger partial charge in [-0.25, -0.2) is 0 Å². The summed E-state index contributed by atoms with van der Waals surface area (Å²) in [4.78, 5) is 0. The Morgan fingerprint density at radius 1 is 1.62 bits per heavy atom. The Hall–Kier alpha value is 0.1000. The van der Waals surface area contributed by atoms with Gasteiger partial charge in [0, 0.05) is 31.9 Å². The molecule has 5 heteroatoms. The van der Waals surface area contributed by atoms with Crippen molar-refractivity contribution in [1.82, 2.24) is 10.3 Å². The normalized spacial score (nSPS) is 9.88. The van der Waals surface area contributed by atoms with E-state index in [4.69, 9.17) is 0 Å². The van der Waals surface area contributed by atoms with Crippen molar-refractivity contribution in [2.45, 2.75) is 0 Å². The van der Waals surface area contributed by atoms with Crippen molar-refractivity contribution in [3.05, 3.63) is 9.21 Å². The third kappa shape index (κ3) is 0.925. The van der Waals surface area contributed by atoms with Crippen LogP contribution in [0.1, 0.15) is 0 Å². The molecule has 44 valence electrons. The first-order valence-electron chi connectivity index (χ1n) is 1.97. The van der Waals surface area contributed by atoms with Gasteiger partial charge in [0.2, 0.25) is 4.60 Å². The molecule has 8 heavy (non-hydrogen) atoms. The molecule has 0 saturated heterocycles. The van der Waals surface area contributed by atoms with Crippen LogP contribution in [0.5, 0.6) is 0 Å². The van der Waals surface area contributed by atoms with Gasteiger partial charge in [0.1, 0.15) is 7.05 Å². The van der Waals surface area contributed by atoms with E-state index < -0.39 is 0 Å². The largest absolute Gasteiger partial charge is 0.297 e. The molecule has 0 saturated carbocycles. The van der Waals surface area contributed by atoms with Crippen molar-refractivity contribution in [2.75, 3.05) is 0 Å². The van der Waals surface area contributed by atoms with Gasteiger partial charge >= 0.3 is 0 Å². The Kier molecular flexibility index (Phi) is 1.67. The highest BCUT2D eigenvalue weighted by molar-refractivity contribution is 9.13. The van der Waals surface area contributed by atoms with Crippen LogP contribution < -0.4 is 4.68 Å². The molecule has 0 unspecified atom stereocenters. The molecule has 1 aromatic rings. The molecule has 1 aromatic heterocycles. The minimum absolute atomic E-state index is 0.792. The van der Waals surface area contributed by atoms with Crippen LogP contribution in [0.15, 0.2) is 9.21 Å². The lowest BCUT2D eigenvalue weighted by Crippen LogP contribution is -2.30. The summed E-state index contributed by atoms with van der Waals surface area (Å²) in [6, 6.07) is 0. The molecule has 1 heterocycles. The number of nitrogens with one attached hydrogen (secondary N) is 1. The first-order valence-corrected chi connectivity index (χ1v) is 3.56. The summed E-state index contributed by atoms with van der Waals surface area (Å²) in [5, 5.41) is 6.53. The molecule has 1 N–H and O–H groups in total. The van der Waals surface area contributed by atoms with Crippen LogP contribution in [-0.2, 0) is 7.05 Å². The SMILES string of the molecule is C[n+]1[nH]nc(Br)c1Br. The molecule has 0 amide bonds. The molecule has 0 aliphatic carbocycles. The van der Waals surface area contributed by atoms with E-state index in [0.717, 1.165) is 9.21 Å². The van der Waals surface area contributed by atoms with Crippen molar-refractivity contribution < 1.29 is 4.68 Å². The van der Waals surface area contributed by atoms with Crippen molar-refractivity contribution in [3.8, 4) is 0 Å². The van der Waals surface area contributed by atoms with Gasteiger partial charge in [-0.1, -0.05) is 5.21 Å². The maximum atomic E-state index is 3.82. The zero-order valence-corrected chi connectivity index (χ0v) is 7.32. The predicted octanol–water partition coefficient (Wildman–Crippen LogP) is 0.759. The Labute approximate surface area is 63.3 Å². The molecular formula is C3H4Br2N3+. The van der Waals surface area contributed by atoms with Crippen LogP contribution in [0.2, 0.25) is 0 Å². The smallest absolute Gasteiger partial charge is 0.151 e. The minimum Gasteiger partial charge on any atom is -0.151 e. The standard InChI is InChI=1S/C3H3Br2N3/c1-8-3(5)2(4)6-7-8/h1H3/p+1. The second-order valence-corrected chi connectivity index (χ2v) is 2.85. The van der Waals surface area contributed by atoms with Gasteiger partial charge in [0.25, 0.3) is 4.60 Å². The third-order valence-electron chi connectivity index (χ3n) is 0.763. The molecule has 0 spiro atoms. The van der Waals surface area contributed by atoms with Gasteiger partial charge in [-0.05, 0) is 0 Å². The summed E-state index contributed by atoms with van der Waals surface area (Å²) in [6.07, 6.45) is 0. The van der Waals surface area contributed by atoms with Crippen molar-refractivity contribution in [3.63, 3.8) is 0 Å². The quantitative estimate of drug-likeness (QED) is 0.669. The molecule has 0 aromatic carbocycles. The summed E-state index contributed by atoms with van der Waals surface area (Å²) in [5.41, 5.74) is 0. The van der Waals surface area contributed by atoms with E-state index in [-0.39, 0.29) is 0 Å². The number of halogens is 2. The van der Waals surface area contributed by atoms with E-state index >= 15 is 0 Å². The zero-order valence-electron chi connectivity index (χ0n) is 4.15. The average Bonchev–Trinajstić information content (AvgIpc) is 1.98. The van der Waals surface area contributed by atoms with Crippen molar-refractivity contribution >= 4 is 31.9 Å². The molecular weight excluding hydrogens is 238 g/mol. The van der Waals surface area contributed by atoms with Crippen LogP contribution in [0, 0.1) is 0 Å². The highest BCUT2D eigenvalue weighted by Gasteiger charge is 2.10. The molecule has 0 radical (unpaired) electrons. The lowest BCUT2D eigenvalue weighted by molar-refractivity contribution is -0.740. The second kappa shape index (κ2) is 2.14. The Morgan fingerprint density at radius 2 is 2.25 bits per heavy atom. The number of aryl methyl sites for hydroxylation is 1. The van der Waals surface area contributed by atoms with Crippen LogP contribution in [0.3, 0.4) is 0 Å². The fraction of sp³-hybridized carbons (Fsp3) is 0.333. The summed E-state index contributed by atoms with van der Waals surface area (Å²) in [6.45, 7) is 0. The minimum atomic E-state index is 0.792. The molecule has 0 bridgehead atoms. The summed E-state index contributed by atoms with van der Waals surface area (Å²) < 4.78 is 3.46. The molecule has 0 atom stereocenters. The Bertz CT molecular complexity index is 175. The third-order valence-corrected chi connectivity index (χ3v) is 2.76. The van der Waals surface area contributed by atoms with E-state index in [9.17, 15) is 0 Å². The average molecular weight is 242 g/mol. The van der Waals surface area contributed by atoms with Crippen molar-refractivity contribution in [2.24, 2.45) is 7.05 Å². The summed E-state index contributed by atoms with van der Waals surface area (Å²) in [5.74, 6) is 0. The Balaban J connectivity index is 3.19. The van der Waals surface area contributed by atoms with Gasteiger partial charge in [-0.15, -0.1) is 0 Å². The van der Waals surface area contributed by atoms with Gasteiger partial charge in [0.15, 0.2) is 0 Å². The van der Waals surface area contributed by atoms with E-state index in [0.29, 0.717) is 0 Å². The topological polar surface area (TPSA) is 32.6 Å². The first kappa shape index (κ1) is 6.22. The lowest BCUT2D eigenvalue weighted by Gasteiger charge is -1.75. The summed E-state index contributed by atoms with van der Waals surface area (Å²) >= 11 is 6.48. The first-order chi connectivity index (χ1) is 3.72. The van der Waals surface area contributed by atoms with Crippen LogP contribution in [0.25, 0.3) is 0 Å². The van der Waals surface area contributed by atoms with Gasteiger partial charge in [-0.2, -0.15) is 4.68 Å². The maximum Gasteiger partial charge on any atom is 0.297 e. The maximum absolute atomic E-state index is 3.82. The van der Waals surface area contributed by atoms with E-state index in [1.54, 1.807) is 4.68 Å². The predicted molar refractivity (Wildman–Crippen MR) is 35.2 cm³/mol. The molecule has 1 rings (SSSR count). The summed E-state index contributed by atoms with van der Waals surface area (Å²) in [7, 11) is 1.86. The highest BCUT2D eigenvalue weighted by atomic mass is 79.9. The van der Waals surface area contributed by atoms with Crippen LogP contribution in [0.4, 0.5) is 0 Å². The molecule has 0 aliphatic heterocycles. The van der Waals surface area contributed by atoms with Gasteiger partial charge in [0.05, 0.1) is 5.10 Å². The van der Waals surface area contributed by atoms with E-state index in [1.807, 2.05) is 7.05 Å². The molecule has 0 aliphatic rings. The fourth-order valence-electron chi connectivity index (χ4n) is 0.347. The number of aromatic amines is 1. The highest BCUT2D eigenvalue weighted by Crippen LogP contribution is 2.12. The van der Waals surface area contributed by atoms with Crippen LogP contribution in [-0.4, -0.2) is 10.3 Å². The van der Waals surface area contributed by atoms with Crippen molar-refractivity contribution in [1.29, 1.82) is 0 Å². The number of aromatic nitrogens is 3. The zero-order chi connectivity index (χ0) is 6.15.